The Labute approximate surface area is 359 Å². The molecule has 1 saturated heterocycles. The van der Waals surface area contributed by atoms with E-state index >= 15 is 0 Å². The molecule has 1 heterocycles. The second-order valence-corrected chi connectivity index (χ2v) is 15.9. The zero-order valence-corrected chi connectivity index (χ0v) is 35.2. The van der Waals surface area contributed by atoms with E-state index in [1.807, 2.05) is 0 Å². The minimum Gasteiger partial charge on any atom is -0.494 e. The van der Waals surface area contributed by atoms with Gasteiger partial charge in [-0.3, -0.25) is 4.79 Å². The van der Waals surface area contributed by atoms with Crippen molar-refractivity contribution in [3.8, 4) is 5.75 Å². The van der Waals surface area contributed by atoms with Crippen LogP contribution in [0.5, 0.6) is 5.75 Å². The predicted molar refractivity (Wildman–Crippen MR) is 197 cm³/mol. The minimum absolute atomic E-state index is 0.0111. The van der Waals surface area contributed by atoms with Crippen LogP contribution in [0.2, 0.25) is 0 Å². The van der Waals surface area contributed by atoms with Crippen molar-refractivity contribution in [3.63, 3.8) is 0 Å². The Bertz CT molecular complexity index is 1530. The third kappa shape index (κ3) is 14.1. The lowest BCUT2D eigenvalue weighted by Gasteiger charge is -2.42. The summed E-state index contributed by atoms with van der Waals surface area (Å²) >= 11 is 0. The molecule has 0 amide bonds. The summed E-state index contributed by atoms with van der Waals surface area (Å²) in [5.41, 5.74) is 0.533. The molecule has 4 atom stereocenters. The molecule has 64 heavy (non-hydrogen) atoms. The van der Waals surface area contributed by atoms with Crippen molar-refractivity contribution < 1.29 is 103 Å². The number of esters is 1. The lowest BCUT2D eigenvalue weighted by Crippen LogP contribution is -2.74. The van der Waals surface area contributed by atoms with E-state index in [0.29, 0.717) is 37.7 Å². The molecule has 2 rings (SSSR count). The van der Waals surface area contributed by atoms with Gasteiger partial charge in [0.1, 0.15) is 5.75 Å². The van der Waals surface area contributed by atoms with Gasteiger partial charge in [-0.25, -0.2) is 0 Å². The predicted octanol–water partition coefficient (Wildman–Crippen LogP) is 13.3. The Morgan fingerprint density at radius 1 is 0.625 bits per heavy atom. The highest BCUT2D eigenvalue weighted by atomic mass is 19.4. The van der Waals surface area contributed by atoms with Crippen LogP contribution in [-0.2, 0) is 25.6 Å². The molecule has 0 spiro atoms. The fraction of sp³-hybridized carbons (Fsp3) is 0.829. The first-order chi connectivity index (χ1) is 29.4. The molecule has 0 aliphatic carbocycles. The Morgan fingerprint density at radius 3 is 1.62 bits per heavy atom. The molecule has 1 aliphatic rings. The quantitative estimate of drug-likeness (QED) is 0.0454. The summed E-state index contributed by atoms with van der Waals surface area (Å²) in [4.78, 5) is 11.0. The molecular weight excluding hydrogens is 911 g/mol. The number of benzene rings is 1. The largest absolute Gasteiger partial charge is 0.494 e. The summed E-state index contributed by atoms with van der Waals surface area (Å²) < 4.78 is 253. The van der Waals surface area contributed by atoms with Gasteiger partial charge in [-0.05, 0) is 56.2 Å². The Kier molecular flexibility index (Phi) is 21.3. The van der Waals surface area contributed by atoms with E-state index in [4.69, 9.17) is 18.9 Å². The number of hydrogen-bond donors (Lipinski definition) is 1. The molecule has 1 fully saturated rings. The smallest absolute Gasteiger partial charge is 0.460 e. The van der Waals surface area contributed by atoms with Gasteiger partial charge >= 0.3 is 53.6 Å². The van der Waals surface area contributed by atoms with Crippen LogP contribution in [-0.4, -0.2) is 96.3 Å². The molecule has 1 N–H and O–H groups in total. The van der Waals surface area contributed by atoms with Crippen molar-refractivity contribution in [1.29, 1.82) is 0 Å². The Balaban J connectivity index is 2.02. The highest BCUT2D eigenvalue weighted by Crippen LogP contribution is 2.64. The fourth-order valence-corrected chi connectivity index (χ4v) is 6.87. The summed E-state index contributed by atoms with van der Waals surface area (Å²) in [6.45, 7) is 2.53. The van der Waals surface area contributed by atoms with Gasteiger partial charge in [-0.15, -0.1) is 0 Å². The summed E-state index contributed by atoms with van der Waals surface area (Å²) in [5, 5.41) is 10.7. The maximum atomic E-state index is 14.3. The number of aliphatic hydroxyl groups is 1. The van der Waals surface area contributed by atoms with Gasteiger partial charge in [0.15, 0.2) is 0 Å². The number of halogens is 17. The van der Waals surface area contributed by atoms with Crippen molar-refractivity contribution in [2.45, 2.75) is 202 Å². The molecule has 374 valence electrons. The van der Waals surface area contributed by atoms with Crippen LogP contribution >= 0.6 is 0 Å². The molecule has 0 aromatic heterocycles. The molecule has 2 unspecified atom stereocenters. The van der Waals surface area contributed by atoms with Crippen molar-refractivity contribution in [2.24, 2.45) is 0 Å². The highest BCUT2D eigenvalue weighted by molar-refractivity contribution is 5.65. The van der Waals surface area contributed by atoms with Gasteiger partial charge in [0.2, 0.25) is 0 Å². The zero-order valence-electron chi connectivity index (χ0n) is 35.2. The number of unbranched alkanes of at least 4 members (excludes halogenated alkanes) is 9. The van der Waals surface area contributed by atoms with E-state index in [1.54, 1.807) is 0 Å². The first kappa shape index (κ1) is 57.3. The lowest BCUT2D eigenvalue weighted by molar-refractivity contribution is -0.461. The van der Waals surface area contributed by atoms with Crippen LogP contribution in [0.3, 0.4) is 0 Å². The number of rotatable bonds is 31. The molecule has 0 saturated carbocycles. The zero-order chi connectivity index (χ0) is 48.8. The normalized spacial score (nSPS) is 18.3. The lowest BCUT2D eigenvalue weighted by atomic mass is 9.88. The SMILES string of the molecule is CCCCCCCCCCCCC(OCc1ccc(OCCCC(F)(F)C(F)(F)C(F)(F)C(F)(F)C(F)(F)C(F)(F)C(F)(F)C(F)(F)F)cc1)C1CC[C@@H]([C@H](O)CCCOC(C)=O)O1. The third-order valence-corrected chi connectivity index (χ3v) is 10.8. The number of ether oxygens (including phenoxy) is 4. The summed E-state index contributed by atoms with van der Waals surface area (Å²) in [6, 6.07) is 5.35. The first-order valence-electron chi connectivity index (χ1n) is 20.9. The van der Waals surface area contributed by atoms with Gasteiger partial charge in [-0.2, -0.15) is 74.6 Å². The highest BCUT2D eigenvalue weighted by Gasteiger charge is 2.95. The van der Waals surface area contributed by atoms with Crippen LogP contribution in [0, 0.1) is 0 Å². The molecule has 23 heteroatoms. The average Bonchev–Trinajstić information content (AvgIpc) is 3.70. The van der Waals surface area contributed by atoms with Gasteiger partial charge in [0.05, 0.1) is 44.2 Å². The molecule has 1 aromatic carbocycles. The van der Waals surface area contributed by atoms with E-state index < -0.39 is 91.4 Å². The van der Waals surface area contributed by atoms with Gasteiger partial charge < -0.3 is 24.1 Å². The van der Waals surface area contributed by atoms with Crippen LogP contribution in [0.25, 0.3) is 0 Å². The second-order valence-electron chi connectivity index (χ2n) is 15.9. The van der Waals surface area contributed by atoms with E-state index in [0.717, 1.165) is 38.5 Å². The number of hydrogen-bond acceptors (Lipinski definition) is 6. The van der Waals surface area contributed by atoms with Crippen LogP contribution in [0.4, 0.5) is 74.6 Å². The van der Waals surface area contributed by atoms with E-state index in [1.165, 1.54) is 56.9 Å². The van der Waals surface area contributed by atoms with E-state index in [2.05, 4.69) is 6.92 Å². The number of carbonyl (C=O) groups is 1. The Morgan fingerprint density at radius 2 is 1.11 bits per heavy atom. The number of carbonyl (C=O) groups excluding carboxylic acids is 1. The van der Waals surface area contributed by atoms with E-state index in [9.17, 15) is 84.5 Å². The van der Waals surface area contributed by atoms with Crippen LogP contribution < -0.4 is 4.74 Å². The topological polar surface area (TPSA) is 74.2 Å². The fourth-order valence-electron chi connectivity index (χ4n) is 6.87. The average molecular weight is 967 g/mol. The molecule has 1 aliphatic heterocycles. The number of aliphatic hydroxyl groups excluding tert-OH is 1. The van der Waals surface area contributed by atoms with Crippen molar-refractivity contribution in [1.82, 2.24) is 0 Å². The van der Waals surface area contributed by atoms with E-state index in [-0.39, 0.29) is 25.1 Å². The van der Waals surface area contributed by atoms with Crippen molar-refractivity contribution >= 4 is 5.97 Å². The van der Waals surface area contributed by atoms with Crippen LogP contribution in [0.15, 0.2) is 24.3 Å². The standard InChI is InChI=1S/C41H55F17O6/c1-3-4-5-6-7-8-9-10-11-12-16-32(33-22-21-31(64-33)30(60)15-13-24-61-27(2)59)63-26-28-17-19-29(20-18-28)62-25-14-23-34(42,43)35(44,45)36(46,47)37(48,49)38(50,51)39(52,53)40(54,55)41(56,57)58/h17-20,30-33,60H,3-16,21-26H2,1-2H3/t30-,31+,32?,33?/m1/s1. The summed E-state index contributed by atoms with van der Waals surface area (Å²) in [7, 11) is 0. The molecule has 0 bridgehead atoms. The summed E-state index contributed by atoms with van der Waals surface area (Å²) in [6.07, 6.45) is -0.396. The van der Waals surface area contributed by atoms with Crippen molar-refractivity contribution in [3.05, 3.63) is 29.8 Å². The maximum absolute atomic E-state index is 14.3. The second kappa shape index (κ2) is 23.8. The monoisotopic (exact) mass is 966 g/mol. The molecule has 0 radical (unpaired) electrons. The first-order valence-corrected chi connectivity index (χ1v) is 20.9. The van der Waals surface area contributed by atoms with Crippen molar-refractivity contribution in [2.75, 3.05) is 13.2 Å². The maximum Gasteiger partial charge on any atom is 0.460 e. The minimum atomic E-state index is -8.66. The molecule has 1 aromatic rings. The third-order valence-electron chi connectivity index (χ3n) is 10.8. The van der Waals surface area contributed by atoms with Gasteiger partial charge in [0.25, 0.3) is 0 Å². The molecule has 6 nitrogen and oxygen atoms in total. The van der Waals surface area contributed by atoms with Crippen LogP contribution in [0.1, 0.15) is 129 Å². The van der Waals surface area contributed by atoms with Gasteiger partial charge in [0, 0.05) is 13.3 Å². The van der Waals surface area contributed by atoms with Gasteiger partial charge in [-0.1, -0.05) is 83.3 Å². The number of alkyl halides is 17. The Hall–Kier alpha value is -2.82. The summed E-state index contributed by atoms with van der Waals surface area (Å²) in [5.74, 6) is -57.1. The molecular formula is C41H55F17O6.